The summed E-state index contributed by atoms with van der Waals surface area (Å²) in [7, 11) is 0. The molecule has 0 aliphatic carbocycles. The quantitative estimate of drug-likeness (QED) is 0.673. The second kappa shape index (κ2) is 4.98. The molecule has 0 rings (SSSR count). The maximum atomic E-state index is 11.2. The number of ether oxygens (including phenoxy) is 1. The van der Waals surface area contributed by atoms with Crippen LogP contribution in [0.25, 0.3) is 0 Å². The summed E-state index contributed by atoms with van der Waals surface area (Å²) in [5.41, 5.74) is 4.29. The van der Waals surface area contributed by atoms with Gasteiger partial charge in [0.15, 0.2) is 0 Å². The molecule has 0 aromatic heterocycles. The fourth-order valence-electron chi connectivity index (χ4n) is 0.471. The molecule has 0 spiro atoms. The SMILES string of the molecule is [2H]C([2H])(N)CC([2H])([2H])NC(=O)OC(C)(C)C. The first-order valence-electron chi connectivity index (χ1n) is 5.61. The van der Waals surface area contributed by atoms with E-state index in [0.29, 0.717) is 0 Å². The molecule has 0 aliphatic heterocycles. The minimum atomic E-state index is -2.25. The lowest BCUT2D eigenvalue weighted by atomic mass is 10.2. The van der Waals surface area contributed by atoms with Crippen molar-refractivity contribution in [3.63, 3.8) is 0 Å². The van der Waals surface area contributed by atoms with E-state index in [4.69, 9.17) is 16.0 Å². The molecule has 0 unspecified atom stereocenters. The molecule has 0 saturated heterocycles. The maximum absolute atomic E-state index is 11.2. The second-order valence-corrected chi connectivity index (χ2v) is 3.18. The Hall–Kier alpha value is -0.770. The molecule has 0 aromatic rings. The molecule has 3 N–H and O–H groups in total. The number of carbonyl (C=O) groups excluding carboxylic acids is 1. The molecule has 0 saturated carbocycles. The third kappa shape index (κ3) is 7.34. The minimum absolute atomic E-state index is 0.654. The van der Waals surface area contributed by atoms with E-state index in [0.717, 1.165) is 0 Å². The summed E-state index contributed by atoms with van der Waals surface area (Å²) in [6.07, 6.45) is -1.60. The highest BCUT2D eigenvalue weighted by Gasteiger charge is 2.14. The molecule has 4 nitrogen and oxygen atoms in total. The van der Waals surface area contributed by atoms with Gasteiger partial charge in [0, 0.05) is 12.0 Å². The molecule has 0 fully saturated rings. The third-order valence-corrected chi connectivity index (χ3v) is 0.780. The van der Waals surface area contributed by atoms with Gasteiger partial charge < -0.3 is 15.8 Å². The summed E-state index contributed by atoms with van der Waals surface area (Å²) in [6.45, 7) is 0.484. The van der Waals surface area contributed by atoms with Gasteiger partial charge in [-0.25, -0.2) is 4.79 Å². The van der Waals surface area contributed by atoms with Crippen LogP contribution >= 0.6 is 0 Å². The van der Waals surface area contributed by atoms with Crippen molar-refractivity contribution in [3.05, 3.63) is 0 Å². The first kappa shape index (κ1) is 5.80. The number of hydrogen-bond acceptors (Lipinski definition) is 3. The predicted molar refractivity (Wildman–Crippen MR) is 47.9 cm³/mol. The summed E-state index contributed by atoms with van der Waals surface area (Å²) >= 11 is 0. The zero-order chi connectivity index (χ0) is 13.2. The topological polar surface area (TPSA) is 64.3 Å². The van der Waals surface area contributed by atoms with E-state index in [1.54, 1.807) is 20.8 Å². The Labute approximate surface area is 79.1 Å². The van der Waals surface area contributed by atoms with Crippen LogP contribution in [-0.2, 0) is 4.74 Å². The van der Waals surface area contributed by atoms with E-state index >= 15 is 0 Å². The fraction of sp³-hybridized carbons (Fsp3) is 0.875. The highest BCUT2D eigenvalue weighted by Crippen LogP contribution is 2.05. The van der Waals surface area contributed by atoms with Gasteiger partial charge in [-0.1, -0.05) is 0 Å². The van der Waals surface area contributed by atoms with Crippen molar-refractivity contribution >= 4 is 6.09 Å². The van der Waals surface area contributed by atoms with Gasteiger partial charge in [0.1, 0.15) is 5.60 Å². The molecule has 1 amide bonds. The highest BCUT2D eigenvalue weighted by molar-refractivity contribution is 5.67. The third-order valence-electron chi connectivity index (χ3n) is 0.780. The lowest BCUT2D eigenvalue weighted by Crippen LogP contribution is -2.33. The second-order valence-electron chi connectivity index (χ2n) is 3.18. The van der Waals surface area contributed by atoms with Crippen molar-refractivity contribution in [3.8, 4) is 0 Å². The van der Waals surface area contributed by atoms with Crippen molar-refractivity contribution in [2.75, 3.05) is 13.0 Å². The standard InChI is InChI=1S/C8H18N2O2/c1-8(2,3)12-7(11)10-6-4-5-9/h4-6,9H2,1-3H3,(H,10,11)/i5D2,6D2. The molecule has 0 aromatic carbocycles. The Morgan fingerprint density at radius 1 is 1.67 bits per heavy atom. The Bertz CT molecular complexity index is 258. The largest absolute Gasteiger partial charge is 0.444 e. The van der Waals surface area contributed by atoms with Gasteiger partial charge in [-0.05, 0) is 33.7 Å². The molecular weight excluding hydrogens is 156 g/mol. The molecule has 0 bridgehead atoms. The van der Waals surface area contributed by atoms with Crippen LogP contribution in [0.2, 0.25) is 0 Å². The van der Waals surface area contributed by atoms with Gasteiger partial charge in [-0.2, -0.15) is 0 Å². The number of nitrogens with one attached hydrogen (secondary N) is 1. The van der Waals surface area contributed by atoms with E-state index in [1.807, 2.05) is 5.32 Å². The van der Waals surface area contributed by atoms with E-state index in [2.05, 4.69) is 0 Å². The van der Waals surface area contributed by atoms with E-state index in [1.165, 1.54) is 0 Å². The smallest absolute Gasteiger partial charge is 0.407 e. The van der Waals surface area contributed by atoms with Gasteiger partial charge in [0.25, 0.3) is 0 Å². The predicted octanol–water partition coefficient (Wildman–Crippen LogP) is 0.860. The lowest BCUT2D eigenvalue weighted by Gasteiger charge is -2.19. The first-order chi connectivity index (χ1) is 6.81. The summed E-state index contributed by atoms with van der Waals surface area (Å²) in [4.78, 5) is 11.2. The number of hydrogen-bond donors (Lipinski definition) is 2. The molecule has 0 atom stereocenters. The number of rotatable bonds is 3. The summed E-state index contributed by atoms with van der Waals surface area (Å²) in [5, 5.41) is 1.92. The van der Waals surface area contributed by atoms with Gasteiger partial charge >= 0.3 is 6.09 Å². The molecule has 72 valence electrons. The molecule has 0 radical (unpaired) electrons. The van der Waals surface area contributed by atoms with Crippen LogP contribution in [-0.4, -0.2) is 24.7 Å². The van der Waals surface area contributed by atoms with Crippen LogP contribution in [0.1, 0.15) is 32.7 Å². The fourth-order valence-corrected chi connectivity index (χ4v) is 0.471. The van der Waals surface area contributed by atoms with Crippen LogP contribution in [0.15, 0.2) is 0 Å². The normalized spacial score (nSPS) is 18.3. The Morgan fingerprint density at radius 3 is 2.67 bits per heavy atom. The minimum Gasteiger partial charge on any atom is -0.444 e. The molecule has 4 heteroatoms. The zero-order valence-corrected chi connectivity index (χ0v) is 7.60. The molecule has 12 heavy (non-hydrogen) atoms. The van der Waals surface area contributed by atoms with Gasteiger partial charge in [-0.15, -0.1) is 0 Å². The van der Waals surface area contributed by atoms with Gasteiger partial charge in [0.2, 0.25) is 0 Å². The summed E-state index contributed by atoms with van der Waals surface area (Å²) in [6, 6.07) is 0. The van der Waals surface area contributed by atoms with Crippen LogP contribution in [0.3, 0.4) is 0 Å². The molecule has 0 aliphatic rings. The molecule has 0 heterocycles. The van der Waals surface area contributed by atoms with E-state index in [-0.39, 0.29) is 0 Å². The van der Waals surface area contributed by atoms with Crippen molar-refractivity contribution in [2.45, 2.75) is 32.8 Å². The number of alkyl carbamates (subject to hydrolysis) is 1. The summed E-state index contributed by atoms with van der Waals surface area (Å²) < 4.78 is 33.6. The van der Waals surface area contributed by atoms with Gasteiger partial charge in [0.05, 0.1) is 0 Å². The van der Waals surface area contributed by atoms with Crippen LogP contribution in [0, 0.1) is 0 Å². The molecular formula is C8H18N2O2. The van der Waals surface area contributed by atoms with E-state index in [9.17, 15) is 4.79 Å². The average Bonchev–Trinajstić information content (AvgIpc) is 1.70. The summed E-state index contributed by atoms with van der Waals surface area (Å²) in [5.74, 6) is 0. The van der Waals surface area contributed by atoms with Gasteiger partial charge in [-0.3, -0.25) is 0 Å². The monoisotopic (exact) mass is 178 g/mol. The first-order valence-corrected chi connectivity index (χ1v) is 3.61. The van der Waals surface area contributed by atoms with Crippen LogP contribution in [0.5, 0.6) is 0 Å². The number of amides is 1. The Kier molecular flexibility index (Phi) is 2.41. The Morgan fingerprint density at radius 2 is 2.25 bits per heavy atom. The zero-order valence-electron chi connectivity index (χ0n) is 11.6. The Balaban J connectivity index is 4.32. The lowest BCUT2D eigenvalue weighted by molar-refractivity contribution is 0.0527. The number of nitrogens with two attached hydrogens (primary N) is 1. The van der Waals surface area contributed by atoms with Crippen LogP contribution in [0.4, 0.5) is 4.79 Å². The number of carbonyl (C=O) groups is 1. The highest BCUT2D eigenvalue weighted by atomic mass is 16.6. The van der Waals surface area contributed by atoms with Crippen molar-refractivity contribution in [1.29, 1.82) is 0 Å². The van der Waals surface area contributed by atoms with Crippen LogP contribution < -0.4 is 11.1 Å². The van der Waals surface area contributed by atoms with Crippen molar-refractivity contribution < 1.29 is 15.0 Å². The van der Waals surface area contributed by atoms with Crippen molar-refractivity contribution in [1.82, 2.24) is 5.32 Å². The van der Waals surface area contributed by atoms with Crippen molar-refractivity contribution in [2.24, 2.45) is 5.73 Å². The van der Waals surface area contributed by atoms with E-state index < -0.39 is 31.1 Å². The maximum Gasteiger partial charge on any atom is 0.407 e. The average molecular weight is 178 g/mol.